The Kier molecular flexibility index (Phi) is 3.97. The molecule has 0 spiro atoms. The van der Waals surface area contributed by atoms with Crippen LogP contribution in [0.5, 0.6) is 0 Å². The van der Waals surface area contributed by atoms with Crippen molar-refractivity contribution in [1.29, 1.82) is 0 Å². The Morgan fingerprint density at radius 1 is 1.12 bits per heavy atom. The number of para-hydroxylation sites is 1. The van der Waals surface area contributed by atoms with Crippen molar-refractivity contribution in [3.8, 4) is 0 Å². The molecule has 3 heterocycles. The number of nitrogens with zero attached hydrogens (tertiary/aromatic N) is 5. The summed E-state index contributed by atoms with van der Waals surface area (Å²) in [6.45, 7) is 2.43. The molecule has 3 aromatic rings. The minimum atomic E-state index is -0.0854. The molecule has 25 heavy (non-hydrogen) atoms. The van der Waals surface area contributed by atoms with E-state index in [9.17, 15) is 4.79 Å². The Labute approximate surface area is 145 Å². The number of amides is 2. The van der Waals surface area contributed by atoms with Gasteiger partial charge in [0.1, 0.15) is 0 Å². The molecule has 0 atom stereocenters. The third-order valence-electron chi connectivity index (χ3n) is 4.54. The van der Waals surface area contributed by atoms with Crippen LogP contribution >= 0.6 is 0 Å². The number of anilines is 1. The van der Waals surface area contributed by atoms with E-state index in [2.05, 4.69) is 39.6 Å². The number of aromatic nitrogens is 3. The Morgan fingerprint density at radius 3 is 2.88 bits per heavy atom. The van der Waals surface area contributed by atoms with Crippen LogP contribution in [0.4, 0.5) is 10.5 Å². The molecule has 0 saturated carbocycles. The Balaban J connectivity index is 1.46. The van der Waals surface area contributed by atoms with E-state index in [4.69, 9.17) is 0 Å². The first-order chi connectivity index (χ1) is 12.2. The van der Waals surface area contributed by atoms with Crippen molar-refractivity contribution in [3.05, 3.63) is 60.0 Å². The summed E-state index contributed by atoms with van der Waals surface area (Å²) in [6.07, 6.45) is 1.90. The highest BCUT2D eigenvalue weighted by Gasteiger charge is 2.21. The molecule has 1 aliphatic heterocycles. The summed E-state index contributed by atoms with van der Waals surface area (Å²) in [5.74, 6) is 0.719. The molecule has 1 aromatic carbocycles. The van der Waals surface area contributed by atoms with Crippen LogP contribution in [0.3, 0.4) is 0 Å². The Morgan fingerprint density at radius 2 is 1.96 bits per heavy atom. The van der Waals surface area contributed by atoms with Crippen LogP contribution in [-0.2, 0) is 13.1 Å². The monoisotopic (exact) mass is 336 g/mol. The van der Waals surface area contributed by atoms with Crippen molar-refractivity contribution in [2.24, 2.45) is 0 Å². The number of hydrogen-bond acceptors (Lipinski definition) is 4. The van der Waals surface area contributed by atoms with Gasteiger partial charge in [-0.25, -0.2) is 4.79 Å². The predicted octanol–water partition coefficient (Wildman–Crippen LogP) is 1.89. The summed E-state index contributed by atoms with van der Waals surface area (Å²) < 4.78 is 1.88. The Bertz CT molecular complexity index is 905. The van der Waals surface area contributed by atoms with Crippen LogP contribution in [0.2, 0.25) is 0 Å². The molecule has 0 saturated heterocycles. The summed E-state index contributed by atoms with van der Waals surface area (Å²) in [4.78, 5) is 16.7. The van der Waals surface area contributed by atoms with Gasteiger partial charge in [-0.05, 0) is 23.8 Å². The van der Waals surface area contributed by atoms with Crippen molar-refractivity contribution in [2.45, 2.75) is 13.1 Å². The van der Waals surface area contributed by atoms with Gasteiger partial charge in [0.25, 0.3) is 0 Å². The number of benzene rings is 1. The molecule has 1 aliphatic rings. The first kappa shape index (κ1) is 15.4. The van der Waals surface area contributed by atoms with Crippen LogP contribution in [0.15, 0.2) is 48.7 Å². The number of rotatable bonds is 2. The van der Waals surface area contributed by atoms with E-state index < -0.39 is 0 Å². The zero-order valence-electron chi connectivity index (χ0n) is 14.1. The van der Waals surface area contributed by atoms with Gasteiger partial charge in [0, 0.05) is 38.6 Å². The number of nitrogens with one attached hydrogen (secondary N) is 1. The van der Waals surface area contributed by atoms with Crippen LogP contribution in [-0.4, -0.2) is 45.7 Å². The number of carbonyl (C=O) groups is 1. The van der Waals surface area contributed by atoms with Crippen molar-refractivity contribution in [1.82, 2.24) is 24.8 Å². The second kappa shape index (κ2) is 6.43. The van der Waals surface area contributed by atoms with Gasteiger partial charge in [-0.2, -0.15) is 0 Å². The van der Waals surface area contributed by atoms with E-state index in [1.807, 2.05) is 45.8 Å². The molecule has 4 rings (SSSR count). The third-order valence-corrected chi connectivity index (χ3v) is 4.54. The molecule has 128 valence electrons. The number of fused-ring (bicyclic) bond motifs is 2. The number of urea groups is 1. The molecule has 0 bridgehead atoms. The van der Waals surface area contributed by atoms with Gasteiger partial charge >= 0.3 is 6.03 Å². The fourth-order valence-corrected chi connectivity index (χ4v) is 3.14. The number of hydrogen-bond donors (Lipinski definition) is 1. The van der Waals surface area contributed by atoms with Crippen LogP contribution in [0.25, 0.3) is 5.65 Å². The van der Waals surface area contributed by atoms with Gasteiger partial charge in [-0.1, -0.05) is 24.3 Å². The number of pyridine rings is 1. The standard InChI is InChI=1S/C18H20N6O/c1-22-10-11-23(13-14-6-2-3-7-15(14)22)18(25)19-12-17-21-20-16-8-4-5-9-24(16)17/h2-9H,10-13H2,1H3,(H,19,25). The van der Waals surface area contributed by atoms with E-state index in [-0.39, 0.29) is 6.03 Å². The SMILES string of the molecule is CN1CCN(C(=O)NCc2nnc3ccccn23)Cc2ccccc21. The zero-order valence-corrected chi connectivity index (χ0v) is 14.1. The van der Waals surface area contributed by atoms with Gasteiger partial charge in [0.05, 0.1) is 6.54 Å². The van der Waals surface area contributed by atoms with E-state index in [0.29, 0.717) is 19.6 Å². The molecule has 0 fully saturated rings. The van der Waals surface area contributed by atoms with Crippen LogP contribution in [0.1, 0.15) is 11.4 Å². The second-order valence-electron chi connectivity index (χ2n) is 6.18. The van der Waals surface area contributed by atoms with E-state index in [1.54, 1.807) is 0 Å². The lowest BCUT2D eigenvalue weighted by Crippen LogP contribution is -2.41. The molecule has 7 nitrogen and oxygen atoms in total. The molecule has 2 aromatic heterocycles. The van der Waals surface area contributed by atoms with Gasteiger partial charge in [-0.3, -0.25) is 4.40 Å². The van der Waals surface area contributed by atoms with Gasteiger partial charge < -0.3 is 15.1 Å². The Hall–Kier alpha value is -3.09. The van der Waals surface area contributed by atoms with E-state index in [0.717, 1.165) is 23.6 Å². The molecule has 0 radical (unpaired) electrons. The highest BCUT2D eigenvalue weighted by atomic mass is 16.2. The summed E-state index contributed by atoms with van der Waals surface area (Å²) in [5.41, 5.74) is 3.11. The molecule has 7 heteroatoms. The average Bonchev–Trinajstić information content (AvgIpc) is 2.98. The lowest BCUT2D eigenvalue weighted by Gasteiger charge is -2.21. The second-order valence-corrected chi connectivity index (χ2v) is 6.18. The smallest absolute Gasteiger partial charge is 0.318 e. The molecular formula is C18H20N6O. The summed E-state index contributed by atoms with van der Waals surface area (Å²) in [5, 5.41) is 11.2. The average molecular weight is 336 g/mol. The number of likely N-dealkylation sites (N-methyl/N-ethyl adjacent to an activating group) is 1. The largest absolute Gasteiger partial charge is 0.373 e. The molecule has 1 N–H and O–H groups in total. The summed E-state index contributed by atoms with van der Waals surface area (Å²) in [7, 11) is 2.06. The highest BCUT2D eigenvalue weighted by molar-refractivity contribution is 5.75. The van der Waals surface area contributed by atoms with Crippen molar-refractivity contribution < 1.29 is 4.79 Å². The molecular weight excluding hydrogens is 316 g/mol. The highest BCUT2D eigenvalue weighted by Crippen LogP contribution is 2.23. The topological polar surface area (TPSA) is 65.8 Å². The first-order valence-electron chi connectivity index (χ1n) is 8.33. The predicted molar refractivity (Wildman–Crippen MR) is 95.3 cm³/mol. The van der Waals surface area contributed by atoms with Gasteiger partial charge in [-0.15, -0.1) is 10.2 Å². The van der Waals surface area contributed by atoms with Gasteiger partial charge in [0.15, 0.2) is 11.5 Å². The quantitative estimate of drug-likeness (QED) is 0.776. The molecule has 0 aliphatic carbocycles. The lowest BCUT2D eigenvalue weighted by atomic mass is 10.1. The lowest BCUT2D eigenvalue weighted by molar-refractivity contribution is 0.197. The van der Waals surface area contributed by atoms with Gasteiger partial charge in [0.2, 0.25) is 0 Å². The maximum atomic E-state index is 12.6. The fraction of sp³-hybridized carbons (Fsp3) is 0.278. The summed E-state index contributed by atoms with van der Waals surface area (Å²) >= 11 is 0. The van der Waals surface area contributed by atoms with E-state index >= 15 is 0 Å². The van der Waals surface area contributed by atoms with Crippen molar-refractivity contribution in [2.75, 3.05) is 25.0 Å². The maximum Gasteiger partial charge on any atom is 0.318 e. The first-order valence-corrected chi connectivity index (χ1v) is 8.33. The van der Waals surface area contributed by atoms with Crippen molar-refractivity contribution >= 4 is 17.4 Å². The minimum Gasteiger partial charge on any atom is -0.373 e. The minimum absolute atomic E-state index is 0.0854. The summed E-state index contributed by atoms with van der Waals surface area (Å²) in [6, 6.07) is 13.8. The number of carbonyl (C=O) groups excluding carboxylic acids is 1. The third kappa shape index (κ3) is 3.00. The zero-order chi connectivity index (χ0) is 17.2. The normalized spacial score (nSPS) is 14.3. The molecule has 2 amide bonds. The van der Waals surface area contributed by atoms with Crippen molar-refractivity contribution in [3.63, 3.8) is 0 Å². The maximum absolute atomic E-state index is 12.6. The molecule has 0 unspecified atom stereocenters. The van der Waals surface area contributed by atoms with Crippen LogP contribution in [0, 0.1) is 0 Å². The fourth-order valence-electron chi connectivity index (χ4n) is 3.14. The van der Waals surface area contributed by atoms with Crippen LogP contribution < -0.4 is 10.2 Å². The van der Waals surface area contributed by atoms with E-state index in [1.165, 1.54) is 5.69 Å².